The first-order chi connectivity index (χ1) is 11.1. The number of aliphatic hydroxyl groups is 1. The van der Waals surface area contributed by atoms with E-state index in [1.54, 1.807) is 24.3 Å². The van der Waals surface area contributed by atoms with Crippen molar-refractivity contribution >= 4 is 23.3 Å². The molecule has 1 atom stereocenters. The summed E-state index contributed by atoms with van der Waals surface area (Å²) < 4.78 is 9.39. The van der Waals surface area contributed by atoms with Gasteiger partial charge in [0.2, 0.25) is 0 Å². The van der Waals surface area contributed by atoms with Crippen molar-refractivity contribution in [1.29, 1.82) is 0 Å². The van der Waals surface area contributed by atoms with E-state index in [1.807, 2.05) is 0 Å². The number of ether oxygens (including phenoxy) is 2. The first-order valence-corrected chi connectivity index (χ1v) is 6.91. The maximum absolute atomic E-state index is 11.9. The van der Waals surface area contributed by atoms with Gasteiger partial charge in [-0.05, 0) is 18.6 Å². The normalized spacial score (nSPS) is 12.2. The third-order valence-corrected chi connectivity index (χ3v) is 3.10. The molecule has 7 nitrogen and oxygen atoms in total. The van der Waals surface area contributed by atoms with Gasteiger partial charge >= 0.3 is 11.9 Å². The minimum atomic E-state index is -0.647. The van der Waals surface area contributed by atoms with Gasteiger partial charge in [0.25, 0.3) is 0 Å². The fourth-order valence-electron chi connectivity index (χ4n) is 1.88. The van der Waals surface area contributed by atoms with E-state index in [0.29, 0.717) is 5.69 Å². The summed E-state index contributed by atoms with van der Waals surface area (Å²) in [5.74, 6) is -1.66. The van der Waals surface area contributed by atoms with Crippen LogP contribution in [0.1, 0.15) is 16.8 Å². The molecule has 1 rings (SSSR count). The standard InChI is InChI=1S/C16H20N2O5/c1-4-11(9-10-19)14(16(21)23-3)18-17-13-8-6-5-7-12(13)15(20)22-2/h4-8,11,17,19H,1,9-10H2,2-3H3/b18-14-. The number of methoxy groups -OCH3 is 2. The molecule has 0 radical (unpaired) electrons. The largest absolute Gasteiger partial charge is 0.465 e. The Labute approximate surface area is 134 Å². The molecule has 0 bridgehead atoms. The molecule has 0 amide bonds. The molecule has 0 aliphatic carbocycles. The van der Waals surface area contributed by atoms with Gasteiger partial charge in [-0.3, -0.25) is 5.43 Å². The Morgan fingerprint density at radius 2 is 2.04 bits per heavy atom. The van der Waals surface area contributed by atoms with Crippen LogP contribution in [0.2, 0.25) is 0 Å². The number of carbonyl (C=O) groups is 2. The lowest BCUT2D eigenvalue weighted by Crippen LogP contribution is -2.26. The van der Waals surface area contributed by atoms with Crippen molar-refractivity contribution in [3.05, 3.63) is 42.5 Å². The maximum Gasteiger partial charge on any atom is 0.354 e. The molecule has 1 unspecified atom stereocenters. The maximum atomic E-state index is 11.9. The molecular formula is C16H20N2O5. The quantitative estimate of drug-likeness (QED) is 0.327. The van der Waals surface area contributed by atoms with Crippen molar-refractivity contribution < 1.29 is 24.2 Å². The minimum Gasteiger partial charge on any atom is -0.465 e. The van der Waals surface area contributed by atoms with Crippen LogP contribution in [0.3, 0.4) is 0 Å². The molecule has 23 heavy (non-hydrogen) atoms. The second-order valence-electron chi connectivity index (χ2n) is 4.49. The monoisotopic (exact) mass is 320 g/mol. The fraction of sp³-hybridized carbons (Fsp3) is 0.312. The van der Waals surface area contributed by atoms with E-state index in [9.17, 15) is 9.59 Å². The predicted molar refractivity (Wildman–Crippen MR) is 86.2 cm³/mol. The van der Waals surface area contributed by atoms with Gasteiger partial charge < -0.3 is 14.6 Å². The summed E-state index contributed by atoms with van der Waals surface area (Å²) >= 11 is 0. The molecule has 1 aromatic rings. The van der Waals surface area contributed by atoms with Crippen molar-refractivity contribution in [3.63, 3.8) is 0 Å². The van der Waals surface area contributed by atoms with Gasteiger partial charge in [0.05, 0.1) is 25.5 Å². The van der Waals surface area contributed by atoms with Crippen molar-refractivity contribution in [2.75, 3.05) is 26.3 Å². The molecule has 0 aliphatic rings. The fourth-order valence-corrected chi connectivity index (χ4v) is 1.88. The Kier molecular flexibility index (Phi) is 7.49. The van der Waals surface area contributed by atoms with Crippen LogP contribution in [0.4, 0.5) is 5.69 Å². The molecule has 0 saturated carbocycles. The van der Waals surface area contributed by atoms with Crippen molar-refractivity contribution in [1.82, 2.24) is 0 Å². The van der Waals surface area contributed by atoms with Crippen LogP contribution in [0.5, 0.6) is 0 Å². The molecular weight excluding hydrogens is 300 g/mol. The van der Waals surface area contributed by atoms with E-state index in [-0.39, 0.29) is 24.3 Å². The van der Waals surface area contributed by atoms with Gasteiger partial charge in [0.15, 0.2) is 5.71 Å². The van der Waals surface area contributed by atoms with E-state index in [2.05, 4.69) is 17.1 Å². The minimum absolute atomic E-state index is 0.0521. The second kappa shape index (κ2) is 9.37. The number of hydrogen-bond donors (Lipinski definition) is 2. The summed E-state index contributed by atoms with van der Waals surface area (Å²) in [5.41, 5.74) is 3.39. The highest BCUT2D eigenvalue weighted by Crippen LogP contribution is 2.17. The van der Waals surface area contributed by atoms with E-state index in [1.165, 1.54) is 20.3 Å². The summed E-state index contributed by atoms with van der Waals surface area (Å²) in [6.07, 6.45) is 1.78. The van der Waals surface area contributed by atoms with Crippen LogP contribution in [0, 0.1) is 5.92 Å². The van der Waals surface area contributed by atoms with Crippen molar-refractivity contribution in [2.45, 2.75) is 6.42 Å². The van der Waals surface area contributed by atoms with Gasteiger partial charge in [-0.1, -0.05) is 18.2 Å². The average molecular weight is 320 g/mol. The smallest absolute Gasteiger partial charge is 0.354 e. The molecule has 124 valence electrons. The van der Waals surface area contributed by atoms with Crippen LogP contribution in [0.15, 0.2) is 42.0 Å². The van der Waals surface area contributed by atoms with Gasteiger partial charge in [-0.15, -0.1) is 6.58 Å². The second-order valence-corrected chi connectivity index (χ2v) is 4.49. The van der Waals surface area contributed by atoms with Crippen LogP contribution in [-0.4, -0.2) is 43.6 Å². The number of anilines is 1. The lowest BCUT2D eigenvalue weighted by atomic mass is 10.00. The zero-order valence-corrected chi connectivity index (χ0v) is 13.1. The summed E-state index contributed by atoms with van der Waals surface area (Å²) in [7, 11) is 2.51. The Balaban J connectivity index is 3.13. The predicted octanol–water partition coefficient (Wildman–Crippen LogP) is 1.60. The van der Waals surface area contributed by atoms with E-state index >= 15 is 0 Å². The number of para-hydroxylation sites is 1. The topological polar surface area (TPSA) is 97.2 Å². The van der Waals surface area contributed by atoms with Gasteiger partial charge in [-0.2, -0.15) is 5.10 Å². The third-order valence-electron chi connectivity index (χ3n) is 3.10. The Bertz CT molecular complexity index is 598. The van der Waals surface area contributed by atoms with Gasteiger partial charge in [-0.25, -0.2) is 9.59 Å². The number of esters is 2. The highest BCUT2D eigenvalue weighted by molar-refractivity contribution is 6.37. The number of nitrogens with one attached hydrogen (secondary N) is 1. The van der Waals surface area contributed by atoms with E-state index in [4.69, 9.17) is 14.6 Å². The number of allylic oxidation sites excluding steroid dienone is 1. The van der Waals surface area contributed by atoms with Crippen LogP contribution in [-0.2, 0) is 14.3 Å². The number of nitrogens with zero attached hydrogens (tertiary/aromatic N) is 1. The number of carbonyl (C=O) groups excluding carboxylic acids is 2. The van der Waals surface area contributed by atoms with E-state index in [0.717, 1.165) is 0 Å². The van der Waals surface area contributed by atoms with Gasteiger partial charge in [0, 0.05) is 12.5 Å². The summed E-state index contributed by atoms with van der Waals surface area (Å²) in [6.45, 7) is 3.50. The summed E-state index contributed by atoms with van der Waals surface area (Å²) in [4.78, 5) is 23.6. The van der Waals surface area contributed by atoms with Gasteiger partial charge in [0.1, 0.15) is 0 Å². The molecule has 0 saturated heterocycles. The summed E-state index contributed by atoms with van der Waals surface area (Å²) in [5, 5.41) is 13.1. The number of rotatable bonds is 8. The lowest BCUT2D eigenvalue weighted by Gasteiger charge is -2.13. The van der Waals surface area contributed by atoms with Crippen LogP contribution in [0.25, 0.3) is 0 Å². The molecule has 7 heteroatoms. The van der Waals surface area contributed by atoms with Crippen molar-refractivity contribution in [3.8, 4) is 0 Å². The molecule has 0 aromatic heterocycles. The number of hydrazone groups is 1. The Morgan fingerprint density at radius 3 is 2.61 bits per heavy atom. The SMILES string of the molecule is C=CC(CCO)/C(=N/Nc1ccccc1C(=O)OC)C(=O)OC. The third kappa shape index (κ3) is 4.93. The zero-order valence-electron chi connectivity index (χ0n) is 13.1. The zero-order chi connectivity index (χ0) is 17.2. The number of hydrogen-bond acceptors (Lipinski definition) is 7. The number of aliphatic hydroxyl groups excluding tert-OH is 1. The lowest BCUT2D eigenvalue weighted by molar-refractivity contribution is -0.133. The first-order valence-electron chi connectivity index (χ1n) is 6.91. The van der Waals surface area contributed by atoms with E-state index < -0.39 is 17.9 Å². The number of benzene rings is 1. The Morgan fingerprint density at radius 1 is 1.35 bits per heavy atom. The van der Waals surface area contributed by atoms with Crippen LogP contribution >= 0.6 is 0 Å². The Hall–Kier alpha value is -2.67. The highest BCUT2D eigenvalue weighted by atomic mass is 16.5. The molecule has 0 fully saturated rings. The summed E-state index contributed by atoms with van der Waals surface area (Å²) in [6, 6.07) is 6.58. The van der Waals surface area contributed by atoms with Crippen molar-refractivity contribution in [2.24, 2.45) is 11.0 Å². The molecule has 0 aliphatic heterocycles. The molecule has 0 spiro atoms. The first kappa shape index (κ1) is 18.4. The average Bonchev–Trinajstić information content (AvgIpc) is 2.60. The molecule has 2 N–H and O–H groups in total. The molecule has 0 heterocycles. The molecule has 1 aromatic carbocycles. The highest BCUT2D eigenvalue weighted by Gasteiger charge is 2.21. The van der Waals surface area contributed by atoms with Crippen LogP contribution < -0.4 is 5.43 Å².